The van der Waals surface area contributed by atoms with Crippen molar-refractivity contribution in [3.8, 4) is 16.5 Å². The van der Waals surface area contributed by atoms with Gasteiger partial charge in [0, 0.05) is 6.54 Å². The maximum atomic E-state index is 12.4. The first-order valence-electron chi connectivity index (χ1n) is 9.76. The number of benzene rings is 2. The van der Waals surface area contributed by atoms with E-state index >= 15 is 0 Å². The zero-order chi connectivity index (χ0) is 21.5. The third-order valence-electron chi connectivity index (χ3n) is 4.62. The van der Waals surface area contributed by atoms with Gasteiger partial charge in [-0.2, -0.15) is 0 Å². The van der Waals surface area contributed by atoms with Crippen molar-refractivity contribution < 1.29 is 9.53 Å². The minimum Gasteiger partial charge on any atom is -0.497 e. The Bertz CT molecular complexity index is 1110. The Balaban J connectivity index is 1.42. The van der Waals surface area contributed by atoms with Gasteiger partial charge >= 0.3 is 0 Å². The Hall–Kier alpha value is -3.10. The lowest BCUT2D eigenvalue weighted by atomic mass is 10.2. The molecule has 0 aliphatic carbocycles. The number of nitrogens with one attached hydrogen (secondary N) is 1. The van der Waals surface area contributed by atoms with Gasteiger partial charge in [-0.15, -0.1) is 21.5 Å². The van der Waals surface area contributed by atoms with E-state index in [0.29, 0.717) is 13.1 Å². The molecule has 6 nitrogen and oxygen atoms in total. The summed E-state index contributed by atoms with van der Waals surface area (Å²) in [5.41, 5.74) is 2.18. The molecule has 0 aliphatic heterocycles. The van der Waals surface area contributed by atoms with Gasteiger partial charge in [-0.25, -0.2) is 0 Å². The molecule has 0 atom stereocenters. The van der Waals surface area contributed by atoms with E-state index in [-0.39, 0.29) is 11.7 Å². The molecule has 4 aromatic rings. The number of amides is 1. The lowest BCUT2D eigenvalue weighted by Crippen LogP contribution is -2.24. The van der Waals surface area contributed by atoms with Crippen LogP contribution in [0.15, 0.2) is 77.3 Å². The minimum absolute atomic E-state index is 0.0484. The van der Waals surface area contributed by atoms with Crippen LogP contribution in [0.4, 0.5) is 0 Å². The van der Waals surface area contributed by atoms with Crippen LogP contribution in [0.3, 0.4) is 0 Å². The average molecular weight is 451 g/mol. The van der Waals surface area contributed by atoms with Crippen LogP contribution in [0.1, 0.15) is 11.1 Å². The van der Waals surface area contributed by atoms with E-state index in [2.05, 4.69) is 32.2 Å². The topological polar surface area (TPSA) is 69.0 Å². The number of ether oxygens (including phenoxy) is 1. The number of rotatable bonds is 9. The highest BCUT2D eigenvalue weighted by molar-refractivity contribution is 7.99. The van der Waals surface area contributed by atoms with Crippen molar-refractivity contribution in [3.63, 3.8) is 0 Å². The molecule has 158 valence electrons. The van der Waals surface area contributed by atoms with Crippen molar-refractivity contribution in [3.05, 3.63) is 83.2 Å². The van der Waals surface area contributed by atoms with E-state index in [1.165, 1.54) is 11.8 Å². The van der Waals surface area contributed by atoms with Crippen molar-refractivity contribution in [1.82, 2.24) is 20.1 Å². The number of hydrogen-bond acceptors (Lipinski definition) is 6. The highest BCUT2D eigenvalue weighted by Crippen LogP contribution is 2.28. The fourth-order valence-electron chi connectivity index (χ4n) is 3.02. The van der Waals surface area contributed by atoms with Gasteiger partial charge in [-0.05, 0) is 34.7 Å². The number of carbonyl (C=O) groups excluding carboxylic acids is 1. The molecule has 2 heterocycles. The molecule has 2 aromatic carbocycles. The highest BCUT2D eigenvalue weighted by atomic mass is 32.2. The number of carbonyl (C=O) groups is 1. The maximum absolute atomic E-state index is 12.4. The second-order valence-electron chi connectivity index (χ2n) is 6.77. The molecule has 31 heavy (non-hydrogen) atoms. The van der Waals surface area contributed by atoms with Crippen molar-refractivity contribution in [2.75, 3.05) is 12.9 Å². The lowest BCUT2D eigenvalue weighted by molar-refractivity contribution is -0.118. The van der Waals surface area contributed by atoms with Crippen molar-refractivity contribution in [2.24, 2.45) is 0 Å². The molecule has 1 amide bonds. The molecule has 0 unspecified atom stereocenters. The predicted molar refractivity (Wildman–Crippen MR) is 124 cm³/mol. The number of nitrogens with zero attached hydrogens (tertiary/aromatic N) is 3. The second-order valence-corrected chi connectivity index (χ2v) is 8.66. The normalized spacial score (nSPS) is 10.7. The van der Waals surface area contributed by atoms with Gasteiger partial charge in [0.1, 0.15) is 5.75 Å². The molecule has 0 spiro atoms. The van der Waals surface area contributed by atoms with Crippen LogP contribution in [-0.2, 0) is 17.9 Å². The van der Waals surface area contributed by atoms with Crippen LogP contribution >= 0.6 is 23.1 Å². The summed E-state index contributed by atoms with van der Waals surface area (Å²) in [5.74, 6) is 1.84. The quantitative estimate of drug-likeness (QED) is 0.381. The fourth-order valence-corrected chi connectivity index (χ4v) is 4.50. The van der Waals surface area contributed by atoms with Crippen molar-refractivity contribution in [1.29, 1.82) is 0 Å². The number of thioether (sulfide) groups is 1. The summed E-state index contributed by atoms with van der Waals surface area (Å²) in [4.78, 5) is 13.5. The number of hydrogen-bond donors (Lipinski definition) is 1. The van der Waals surface area contributed by atoms with Gasteiger partial charge in [0.15, 0.2) is 11.0 Å². The molecule has 4 rings (SSSR count). The molecule has 0 fully saturated rings. The van der Waals surface area contributed by atoms with Crippen LogP contribution in [0.5, 0.6) is 5.75 Å². The zero-order valence-electron chi connectivity index (χ0n) is 17.0. The monoisotopic (exact) mass is 450 g/mol. The number of aromatic nitrogens is 3. The van der Waals surface area contributed by atoms with Crippen LogP contribution in [0.2, 0.25) is 0 Å². The van der Waals surface area contributed by atoms with Gasteiger partial charge in [0.25, 0.3) is 0 Å². The summed E-state index contributed by atoms with van der Waals surface area (Å²) >= 11 is 3.02. The van der Waals surface area contributed by atoms with E-state index in [1.54, 1.807) is 18.4 Å². The van der Waals surface area contributed by atoms with E-state index < -0.39 is 0 Å². The number of methoxy groups -OCH3 is 1. The maximum Gasteiger partial charge on any atom is 0.230 e. The fraction of sp³-hybridized carbons (Fsp3) is 0.174. The first kappa shape index (κ1) is 21.1. The Labute approximate surface area is 189 Å². The standard InChI is InChI=1S/C23H22N4O2S2/c1-29-19-11-9-17(10-12-19)14-24-21(28)16-31-23-26-25-22(20-8-5-13-30-20)27(23)15-18-6-3-2-4-7-18/h2-13H,14-16H2,1H3,(H,24,28). The zero-order valence-corrected chi connectivity index (χ0v) is 18.7. The molecule has 0 saturated carbocycles. The Morgan fingerprint density at radius 3 is 2.55 bits per heavy atom. The lowest BCUT2D eigenvalue weighted by Gasteiger charge is -2.10. The second kappa shape index (κ2) is 10.3. The Kier molecular flexibility index (Phi) is 7.01. The first-order chi connectivity index (χ1) is 15.2. The molecular formula is C23H22N4O2S2. The predicted octanol–water partition coefficient (Wildman–Crippen LogP) is 4.47. The summed E-state index contributed by atoms with van der Waals surface area (Å²) in [6, 6.07) is 21.9. The summed E-state index contributed by atoms with van der Waals surface area (Å²) < 4.78 is 7.23. The van der Waals surface area contributed by atoms with Crippen molar-refractivity contribution >= 4 is 29.0 Å². The molecule has 0 radical (unpaired) electrons. The Morgan fingerprint density at radius 2 is 1.84 bits per heavy atom. The van der Waals surface area contributed by atoms with Gasteiger partial charge in [0.2, 0.25) is 5.91 Å². The van der Waals surface area contributed by atoms with Crippen LogP contribution in [0, 0.1) is 0 Å². The van der Waals surface area contributed by atoms with Gasteiger partial charge in [-0.1, -0.05) is 60.3 Å². The average Bonchev–Trinajstić information content (AvgIpc) is 3.47. The summed E-state index contributed by atoms with van der Waals surface area (Å²) in [6.07, 6.45) is 0. The molecule has 1 N–H and O–H groups in total. The molecule has 0 aliphatic rings. The van der Waals surface area contributed by atoms with Crippen LogP contribution in [0.25, 0.3) is 10.7 Å². The van der Waals surface area contributed by atoms with Crippen LogP contribution in [-0.4, -0.2) is 33.5 Å². The molecular weight excluding hydrogens is 428 g/mol. The van der Waals surface area contributed by atoms with E-state index in [4.69, 9.17) is 4.74 Å². The first-order valence-corrected chi connectivity index (χ1v) is 11.6. The summed E-state index contributed by atoms with van der Waals surface area (Å²) in [5, 5.41) is 14.5. The summed E-state index contributed by atoms with van der Waals surface area (Å²) in [6.45, 7) is 1.12. The molecule has 0 bridgehead atoms. The highest BCUT2D eigenvalue weighted by Gasteiger charge is 2.16. The summed E-state index contributed by atoms with van der Waals surface area (Å²) in [7, 11) is 1.63. The van der Waals surface area contributed by atoms with E-state index in [9.17, 15) is 4.79 Å². The molecule has 0 saturated heterocycles. The number of thiophene rings is 1. The minimum atomic E-state index is -0.0484. The third-order valence-corrected chi connectivity index (χ3v) is 6.46. The van der Waals surface area contributed by atoms with E-state index in [1.807, 2.05) is 60.0 Å². The molecule has 8 heteroatoms. The smallest absolute Gasteiger partial charge is 0.230 e. The van der Waals surface area contributed by atoms with Gasteiger partial charge in [-0.3, -0.25) is 9.36 Å². The Morgan fingerprint density at radius 1 is 1.03 bits per heavy atom. The van der Waals surface area contributed by atoms with E-state index in [0.717, 1.165) is 32.7 Å². The third kappa shape index (κ3) is 5.53. The van der Waals surface area contributed by atoms with Crippen molar-refractivity contribution in [2.45, 2.75) is 18.2 Å². The SMILES string of the molecule is COc1ccc(CNC(=O)CSc2nnc(-c3cccs3)n2Cc2ccccc2)cc1. The van der Waals surface area contributed by atoms with Gasteiger partial charge < -0.3 is 10.1 Å². The van der Waals surface area contributed by atoms with Crippen LogP contribution < -0.4 is 10.1 Å². The largest absolute Gasteiger partial charge is 0.497 e. The van der Waals surface area contributed by atoms with Gasteiger partial charge in [0.05, 0.1) is 24.3 Å². The molecule has 2 aromatic heterocycles.